The third-order valence-electron chi connectivity index (χ3n) is 6.54. The maximum atomic E-state index is 13.3. The molecule has 1 aliphatic rings. The van der Waals surface area contributed by atoms with Crippen molar-refractivity contribution in [3.05, 3.63) is 71.3 Å². The van der Waals surface area contributed by atoms with Gasteiger partial charge in [0.25, 0.3) is 5.91 Å². The van der Waals surface area contributed by atoms with E-state index >= 15 is 0 Å². The molecular weight excluding hydrogens is 549 g/mol. The van der Waals surface area contributed by atoms with Gasteiger partial charge in [0.1, 0.15) is 10.0 Å². The topological polar surface area (TPSA) is 75.5 Å². The summed E-state index contributed by atoms with van der Waals surface area (Å²) in [6, 6.07) is 16.4. The molecule has 1 amide bonds. The number of unbranched alkanes of at least 4 members (excludes halogenated alkanes) is 5. The zero-order valence-corrected chi connectivity index (χ0v) is 25.0. The maximum absolute atomic E-state index is 13.3. The fourth-order valence-electron chi connectivity index (χ4n) is 4.33. The Balaban J connectivity index is 1.66. The molecule has 1 aromatic heterocycles. The Morgan fingerprint density at radius 1 is 1.00 bits per heavy atom. The fraction of sp³-hybridized carbons (Fsp3) is 0.345. The number of carbonyl (C=O) groups is 1. The number of rotatable bonds is 12. The number of amides is 1. The highest BCUT2D eigenvalue weighted by Crippen LogP contribution is 2.35. The molecule has 3 aromatic rings. The van der Waals surface area contributed by atoms with E-state index in [4.69, 9.17) is 17.3 Å². The molecule has 0 saturated carbocycles. The Labute approximate surface area is 240 Å². The van der Waals surface area contributed by atoms with Crippen molar-refractivity contribution in [2.24, 2.45) is 0 Å². The maximum Gasteiger partial charge on any atom is 0.266 e. The lowest BCUT2D eigenvalue weighted by atomic mass is 10.1. The summed E-state index contributed by atoms with van der Waals surface area (Å²) >= 11 is 6.85. The van der Waals surface area contributed by atoms with Crippen LogP contribution in [0.15, 0.2) is 70.6 Å². The number of aromatic nitrogens is 2. The Morgan fingerprint density at radius 2 is 1.72 bits per heavy atom. The number of sulfonamides is 1. The molecular formula is C29H34N4O3S3. The van der Waals surface area contributed by atoms with Gasteiger partial charge in [0, 0.05) is 38.0 Å². The Hall–Kier alpha value is -2.79. The van der Waals surface area contributed by atoms with E-state index < -0.39 is 10.0 Å². The van der Waals surface area contributed by atoms with Crippen molar-refractivity contribution in [1.29, 1.82) is 0 Å². The van der Waals surface area contributed by atoms with Gasteiger partial charge in [-0.2, -0.15) is 5.10 Å². The predicted octanol–water partition coefficient (Wildman–Crippen LogP) is 6.35. The number of hydrogen-bond acceptors (Lipinski definition) is 6. The molecule has 0 N–H and O–H groups in total. The highest BCUT2D eigenvalue weighted by molar-refractivity contribution is 8.26. The van der Waals surface area contributed by atoms with Gasteiger partial charge in [-0.3, -0.25) is 9.69 Å². The lowest BCUT2D eigenvalue weighted by Gasteiger charge is -2.14. The van der Waals surface area contributed by atoms with Crippen LogP contribution < -0.4 is 0 Å². The molecule has 1 saturated heterocycles. The standard InChI is InChI=1S/C29H34N4O3S3/c1-4-5-6-7-8-12-18-32-28(34)26(38-29(32)37)20-23-21-33(24-15-10-9-11-16-24)30-27(23)22-14-13-17-25(19-22)39(35,36)31(2)3/h9-11,13-17,19-21H,4-8,12,18H2,1-3H3/b26-20-. The molecule has 4 rings (SSSR count). The Bertz CT molecular complexity index is 1460. The van der Waals surface area contributed by atoms with Gasteiger partial charge in [-0.05, 0) is 36.8 Å². The van der Waals surface area contributed by atoms with Crippen LogP contribution >= 0.6 is 24.0 Å². The first-order valence-corrected chi connectivity index (χ1v) is 15.8. The number of thiocarbonyl (C=S) groups is 1. The smallest absolute Gasteiger partial charge is 0.266 e. The average Bonchev–Trinajstić information content (AvgIpc) is 3.47. The van der Waals surface area contributed by atoms with Gasteiger partial charge in [0.2, 0.25) is 10.0 Å². The van der Waals surface area contributed by atoms with E-state index in [-0.39, 0.29) is 10.8 Å². The van der Waals surface area contributed by atoms with Crippen LogP contribution in [0, 0.1) is 0 Å². The van der Waals surface area contributed by atoms with Crippen LogP contribution in [-0.2, 0) is 14.8 Å². The quantitative estimate of drug-likeness (QED) is 0.141. The van der Waals surface area contributed by atoms with Crippen molar-refractivity contribution < 1.29 is 13.2 Å². The number of carbonyl (C=O) groups excluding carboxylic acids is 1. The van der Waals surface area contributed by atoms with Gasteiger partial charge >= 0.3 is 0 Å². The average molecular weight is 583 g/mol. The molecule has 2 aromatic carbocycles. The predicted molar refractivity (Wildman–Crippen MR) is 163 cm³/mol. The summed E-state index contributed by atoms with van der Waals surface area (Å²) in [5, 5.41) is 4.81. The summed E-state index contributed by atoms with van der Waals surface area (Å²) in [6.45, 7) is 2.82. The van der Waals surface area contributed by atoms with Gasteiger partial charge in [0.15, 0.2) is 0 Å². The molecule has 0 aliphatic carbocycles. The van der Waals surface area contributed by atoms with Gasteiger partial charge < -0.3 is 0 Å². The molecule has 39 heavy (non-hydrogen) atoms. The Kier molecular flexibility index (Phi) is 9.76. The van der Waals surface area contributed by atoms with E-state index in [0.717, 1.165) is 18.5 Å². The van der Waals surface area contributed by atoms with Crippen molar-refractivity contribution >= 4 is 50.3 Å². The largest absolute Gasteiger partial charge is 0.293 e. The van der Waals surface area contributed by atoms with Crippen molar-refractivity contribution in [2.75, 3.05) is 20.6 Å². The first-order chi connectivity index (χ1) is 18.7. The number of benzene rings is 2. The van der Waals surface area contributed by atoms with E-state index in [2.05, 4.69) is 6.92 Å². The third-order valence-corrected chi connectivity index (χ3v) is 9.73. The van der Waals surface area contributed by atoms with Gasteiger partial charge in [-0.25, -0.2) is 17.4 Å². The summed E-state index contributed by atoms with van der Waals surface area (Å²) in [6.07, 6.45) is 10.5. The molecule has 2 heterocycles. The minimum atomic E-state index is -3.63. The molecule has 10 heteroatoms. The fourth-order valence-corrected chi connectivity index (χ4v) is 6.58. The molecule has 0 unspecified atom stereocenters. The van der Waals surface area contributed by atoms with Crippen LogP contribution in [0.25, 0.3) is 23.0 Å². The first kappa shape index (κ1) is 29.2. The zero-order chi connectivity index (χ0) is 28.0. The molecule has 206 valence electrons. The number of para-hydroxylation sites is 1. The van der Waals surface area contributed by atoms with Crippen LogP contribution in [0.4, 0.5) is 0 Å². The van der Waals surface area contributed by atoms with Crippen molar-refractivity contribution in [1.82, 2.24) is 19.0 Å². The van der Waals surface area contributed by atoms with Gasteiger partial charge in [-0.15, -0.1) is 0 Å². The molecule has 1 fully saturated rings. The number of thioether (sulfide) groups is 1. The van der Waals surface area contributed by atoms with Crippen LogP contribution in [0.2, 0.25) is 0 Å². The number of hydrogen-bond donors (Lipinski definition) is 0. The van der Waals surface area contributed by atoms with Crippen molar-refractivity contribution in [3.8, 4) is 16.9 Å². The molecule has 0 bridgehead atoms. The number of nitrogens with zero attached hydrogens (tertiary/aromatic N) is 4. The van der Waals surface area contributed by atoms with Crippen LogP contribution in [-0.4, -0.2) is 58.3 Å². The van der Waals surface area contributed by atoms with E-state index in [1.165, 1.54) is 55.8 Å². The molecule has 0 atom stereocenters. The third kappa shape index (κ3) is 6.87. The lowest BCUT2D eigenvalue weighted by Crippen LogP contribution is -2.29. The highest BCUT2D eigenvalue weighted by atomic mass is 32.2. The van der Waals surface area contributed by atoms with E-state index in [0.29, 0.717) is 32.6 Å². The summed E-state index contributed by atoms with van der Waals surface area (Å²) < 4.78 is 29.1. The van der Waals surface area contributed by atoms with Crippen molar-refractivity contribution in [2.45, 2.75) is 50.3 Å². The molecule has 0 spiro atoms. The van der Waals surface area contributed by atoms with E-state index in [9.17, 15) is 13.2 Å². The van der Waals surface area contributed by atoms with Gasteiger partial charge in [-0.1, -0.05) is 93.3 Å². The second-order valence-electron chi connectivity index (χ2n) is 9.63. The van der Waals surface area contributed by atoms with Crippen LogP contribution in [0.3, 0.4) is 0 Å². The van der Waals surface area contributed by atoms with E-state index in [1.54, 1.807) is 27.8 Å². The molecule has 0 radical (unpaired) electrons. The summed E-state index contributed by atoms with van der Waals surface area (Å²) in [4.78, 5) is 15.7. The first-order valence-electron chi connectivity index (χ1n) is 13.2. The lowest BCUT2D eigenvalue weighted by molar-refractivity contribution is -0.122. The monoisotopic (exact) mass is 582 g/mol. The van der Waals surface area contributed by atoms with Crippen molar-refractivity contribution in [3.63, 3.8) is 0 Å². The summed E-state index contributed by atoms with van der Waals surface area (Å²) in [5.74, 6) is -0.0964. The zero-order valence-electron chi connectivity index (χ0n) is 22.5. The molecule has 7 nitrogen and oxygen atoms in total. The SMILES string of the molecule is CCCCCCCCN1C(=O)/C(=C/c2cn(-c3ccccc3)nc2-c2cccc(S(=O)(=O)N(C)C)c2)SC1=S. The van der Waals surface area contributed by atoms with Crippen LogP contribution in [0.5, 0.6) is 0 Å². The highest BCUT2D eigenvalue weighted by Gasteiger charge is 2.32. The minimum Gasteiger partial charge on any atom is -0.293 e. The molecule has 1 aliphatic heterocycles. The normalized spacial score (nSPS) is 15.2. The summed E-state index contributed by atoms with van der Waals surface area (Å²) in [7, 11) is -0.617. The second kappa shape index (κ2) is 13.0. The van der Waals surface area contributed by atoms with E-state index in [1.807, 2.05) is 48.7 Å². The summed E-state index contributed by atoms with van der Waals surface area (Å²) in [5.41, 5.74) is 2.78. The Morgan fingerprint density at radius 3 is 2.44 bits per heavy atom. The minimum absolute atomic E-state index is 0.0964. The van der Waals surface area contributed by atoms with Crippen LogP contribution in [0.1, 0.15) is 51.0 Å². The van der Waals surface area contributed by atoms with Gasteiger partial charge in [0.05, 0.1) is 15.5 Å². The second-order valence-corrected chi connectivity index (χ2v) is 13.5.